The molecule has 0 unspecified atom stereocenters. The number of nitrogens with zero attached hydrogens (tertiary/aromatic N) is 3. The van der Waals surface area contributed by atoms with Crippen molar-refractivity contribution in [3.8, 4) is 11.3 Å². The van der Waals surface area contributed by atoms with Gasteiger partial charge in [0.15, 0.2) is 5.82 Å². The van der Waals surface area contributed by atoms with E-state index < -0.39 is 6.10 Å². The quantitative estimate of drug-likeness (QED) is 0.880. The summed E-state index contributed by atoms with van der Waals surface area (Å²) in [6.07, 6.45) is 0.189. The molecule has 0 spiro atoms. The number of carbonyl (C=O) groups is 1. The number of benzene rings is 1. The van der Waals surface area contributed by atoms with Crippen molar-refractivity contribution in [2.75, 3.05) is 18.4 Å². The van der Waals surface area contributed by atoms with Gasteiger partial charge in [0.05, 0.1) is 11.8 Å². The summed E-state index contributed by atoms with van der Waals surface area (Å²) in [5.41, 5.74) is 1.73. The molecule has 2 heterocycles. The van der Waals surface area contributed by atoms with Gasteiger partial charge in [-0.25, -0.2) is 4.79 Å². The van der Waals surface area contributed by atoms with E-state index in [9.17, 15) is 9.90 Å². The molecule has 3 rings (SSSR count). The molecule has 0 bridgehead atoms. The second-order valence-corrected chi connectivity index (χ2v) is 4.99. The topological polar surface area (TPSA) is 78.4 Å². The maximum atomic E-state index is 12.0. The SMILES string of the molecule is O=C(Nc1ccc(-c2ccccc2)nn1)N1CC[C@H](O)C1. The van der Waals surface area contributed by atoms with Crippen LogP contribution in [-0.2, 0) is 0 Å². The summed E-state index contributed by atoms with van der Waals surface area (Å²) < 4.78 is 0. The van der Waals surface area contributed by atoms with E-state index in [1.807, 2.05) is 36.4 Å². The third-order valence-corrected chi connectivity index (χ3v) is 3.42. The first kappa shape index (κ1) is 13.5. The number of aliphatic hydroxyl groups is 1. The van der Waals surface area contributed by atoms with Gasteiger partial charge in [-0.15, -0.1) is 10.2 Å². The number of aromatic nitrogens is 2. The highest BCUT2D eigenvalue weighted by molar-refractivity contribution is 5.88. The van der Waals surface area contributed by atoms with Crippen molar-refractivity contribution >= 4 is 11.8 Å². The Balaban J connectivity index is 1.66. The molecule has 2 aromatic rings. The summed E-state index contributed by atoms with van der Waals surface area (Å²) in [5, 5.41) is 20.2. The van der Waals surface area contributed by atoms with E-state index in [0.29, 0.717) is 25.3 Å². The summed E-state index contributed by atoms with van der Waals surface area (Å²) in [6, 6.07) is 13.0. The zero-order valence-electron chi connectivity index (χ0n) is 11.4. The Morgan fingerprint density at radius 1 is 1.19 bits per heavy atom. The number of amides is 2. The van der Waals surface area contributed by atoms with Crippen LogP contribution in [0.4, 0.5) is 10.6 Å². The first-order valence-corrected chi connectivity index (χ1v) is 6.85. The molecule has 1 atom stereocenters. The number of rotatable bonds is 2. The lowest BCUT2D eigenvalue weighted by Gasteiger charge is -2.15. The average Bonchev–Trinajstić information content (AvgIpc) is 2.96. The number of urea groups is 1. The number of aliphatic hydroxyl groups excluding tert-OH is 1. The van der Waals surface area contributed by atoms with Crippen molar-refractivity contribution in [3.05, 3.63) is 42.5 Å². The summed E-state index contributed by atoms with van der Waals surface area (Å²) in [4.78, 5) is 13.5. The van der Waals surface area contributed by atoms with Crippen LogP contribution in [-0.4, -0.2) is 45.4 Å². The smallest absolute Gasteiger partial charge is 0.323 e. The summed E-state index contributed by atoms with van der Waals surface area (Å²) in [7, 11) is 0. The summed E-state index contributed by atoms with van der Waals surface area (Å²) in [6.45, 7) is 0.921. The number of hydrogen-bond donors (Lipinski definition) is 2. The molecule has 0 aliphatic carbocycles. The number of anilines is 1. The van der Waals surface area contributed by atoms with Crippen molar-refractivity contribution in [1.82, 2.24) is 15.1 Å². The number of hydrogen-bond acceptors (Lipinski definition) is 4. The van der Waals surface area contributed by atoms with Crippen molar-refractivity contribution in [3.63, 3.8) is 0 Å². The van der Waals surface area contributed by atoms with Gasteiger partial charge in [0.1, 0.15) is 0 Å². The molecule has 1 aromatic heterocycles. The molecular weight excluding hydrogens is 268 g/mol. The third kappa shape index (κ3) is 3.17. The molecule has 0 saturated carbocycles. The predicted molar refractivity (Wildman–Crippen MR) is 78.7 cm³/mol. The van der Waals surface area contributed by atoms with Crippen molar-refractivity contribution in [2.45, 2.75) is 12.5 Å². The predicted octanol–water partition coefficient (Wildman–Crippen LogP) is 1.74. The minimum atomic E-state index is -0.428. The van der Waals surface area contributed by atoms with Crippen LogP contribution in [0.15, 0.2) is 42.5 Å². The standard InChI is InChI=1S/C15H16N4O2/c20-12-8-9-19(10-12)15(21)16-14-7-6-13(17-18-14)11-4-2-1-3-5-11/h1-7,12,20H,8-10H2,(H,16,18,21)/t12-/m0/s1. The monoisotopic (exact) mass is 284 g/mol. The molecule has 2 amide bonds. The Morgan fingerprint density at radius 3 is 2.62 bits per heavy atom. The van der Waals surface area contributed by atoms with Gasteiger partial charge in [-0.1, -0.05) is 30.3 Å². The van der Waals surface area contributed by atoms with E-state index in [2.05, 4.69) is 15.5 Å². The molecule has 1 aromatic carbocycles. The van der Waals surface area contributed by atoms with Gasteiger partial charge in [0.25, 0.3) is 0 Å². The number of carbonyl (C=O) groups excluding carboxylic acids is 1. The largest absolute Gasteiger partial charge is 0.391 e. The van der Waals surface area contributed by atoms with Gasteiger partial charge in [-0.3, -0.25) is 5.32 Å². The zero-order chi connectivity index (χ0) is 14.7. The fourth-order valence-electron chi connectivity index (χ4n) is 2.28. The van der Waals surface area contributed by atoms with Crippen LogP contribution in [0.3, 0.4) is 0 Å². The highest BCUT2D eigenvalue weighted by Crippen LogP contribution is 2.17. The van der Waals surface area contributed by atoms with Gasteiger partial charge in [-0.2, -0.15) is 0 Å². The minimum Gasteiger partial charge on any atom is -0.391 e. The van der Waals surface area contributed by atoms with Gasteiger partial charge >= 0.3 is 6.03 Å². The molecule has 6 heteroatoms. The third-order valence-electron chi connectivity index (χ3n) is 3.42. The molecule has 6 nitrogen and oxygen atoms in total. The Labute approximate surface area is 122 Å². The van der Waals surface area contributed by atoms with Gasteiger partial charge in [-0.05, 0) is 18.6 Å². The van der Waals surface area contributed by atoms with Crippen molar-refractivity contribution in [2.24, 2.45) is 0 Å². The molecule has 1 aliphatic rings. The number of β-amino-alcohol motifs (C(OH)–C–C–N with tert-alkyl or cyclic N) is 1. The minimum absolute atomic E-state index is 0.256. The van der Waals surface area contributed by atoms with E-state index in [-0.39, 0.29) is 6.03 Å². The lowest BCUT2D eigenvalue weighted by atomic mass is 10.1. The lowest BCUT2D eigenvalue weighted by Crippen LogP contribution is -2.33. The van der Waals surface area contributed by atoms with Crippen molar-refractivity contribution < 1.29 is 9.90 Å². The molecular formula is C15H16N4O2. The molecule has 1 fully saturated rings. The highest BCUT2D eigenvalue weighted by atomic mass is 16.3. The van der Waals surface area contributed by atoms with Crippen LogP contribution in [0.5, 0.6) is 0 Å². The molecule has 21 heavy (non-hydrogen) atoms. The lowest BCUT2D eigenvalue weighted by molar-refractivity contribution is 0.176. The second-order valence-electron chi connectivity index (χ2n) is 4.99. The highest BCUT2D eigenvalue weighted by Gasteiger charge is 2.24. The Morgan fingerprint density at radius 2 is 2.00 bits per heavy atom. The number of likely N-dealkylation sites (tertiary alicyclic amines) is 1. The van der Waals surface area contributed by atoms with E-state index >= 15 is 0 Å². The Kier molecular flexibility index (Phi) is 3.79. The van der Waals surface area contributed by atoms with Crippen LogP contribution in [0.2, 0.25) is 0 Å². The average molecular weight is 284 g/mol. The van der Waals surface area contributed by atoms with E-state index in [0.717, 1.165) is 11.3 Å². The maximum Gasteiger partial charge on any atom is 0.323 e. The fourth-order valence-corrected chi connectivity index (χ4v) is 2.28. The molecule has 0 radical (unpaired) electrons. The maximum absolute atomic E-state index is 12.0. The fraction of sp³-hybridized carbons (Fsp3) is 0.267. The van der Waals surface area contributed by atoms with Crippen LogP contribution in [0.25, 0.3) is 11.3 Å². The van der Waals surface area contributed by atoms with Crippen LogP contribution >= 0.6 is 0 Å². The first-order chi connectivity index (χ1) is 10.2. The Hall–Kier alpha value is -2.47. The first-order valence-electron chi connectivity index (χ1n) is 6.85. The van der Waals surface area contributed by atoms with E-state index in [4.69, 9.17) is 0 Å². The molecule has 108 valence electrons. The van der Waals surface area contributed by atoms with Crippen LogP contribution in [0, 0.1) is 0 Å². The summed E-state index contributed by atoms with van der Waals surface area (Å²) >= 11 is 0. The molecule has 1 saturated heterocycles. The zero-order valence-corrected chi connectivity index (χ0v) is 11.4. The van der Waals surface area contributed by atoms with E-state index in [1.165, 1.54) is 0 Å². The molecule has 2 N–H and O–H groups in total. The Bertz CT molecular complexity index is 615. The van der Waals surface area contributed by atoms with Gasteiger partial charge in [0, 0.05) is 18.7 Å². The van der Waals surface area contributed by atoms with Gasteiger partial charge in [0.2, 0.25) is 0 Å². The van der Waals surface area contributed by atoms with E-state index in [1.54, 1.807) is 11.0 Å². The normalized spacial score (nSPS) is 17.8. The van der Waals surface area contributed by atoms with Crippen molar-refractivity contribution in [1.29, 1.82) is 0 Å². The number of nitrogens with one attached hydrogen (secondary N) is 1. The van der Waals surface area contributed by atoms with Crippen LogP contribution < -0.4 is 5.32 Å². The second kappa shape index (κ2) is 5.88. The van der Waals surface area contributed by atoms with Gasteiger partial charge < -0.3 is 10.0 Å². The van der Waals surface area contributed by atoms with Crippen LogP contribution in [0.1, 0.15) is 6.42 Å². The summed E-state index contributed by atoms with van der Waals surface area (Å²) in [5.74, 6) is 0.404. The molecule has 1 aliphatic heterocycles.